The molecule has 1 amide bonds. The molecule has 0 unspecified atom stereocenters. The van der Waals surface area contributed by atoms with Crippen LogP contribution in [0.5, 0.6) is 0 Å². The number of benzene rings is 1. The molecule has 2 heterocycles. The minimum atomic E-state index is -0.124. The van der Waals surface area contributed by atoms with Gasteiger partial charge in [-0.3, -0.25) is 9.69 Å². The number of aryl methyl sites for hydroxylation is 1. The molecule has 30 heavy (non-hydrogen) atoms. The van der Waals surface area contributed by atoms with E-state index in [1.807, 2.05) is 0 Å². The highest BCUT2D eigenvalue weighted by Gasteiger charge is 2.20. The molecule has 0 saturated carbocycles. The molecule has 1 aromatic heterocycles. The second kappa shape index (κ2) is 10.7. The molecule has 0 bridgehead atoms. The Kier molecular flexibility index (Phi) is 8.02. The van der Waals surface area contributed by atoms with Crippen molar-refractivity contribution >= 4 is 5.91 Å². The van der Waals surface area contributed by atoms with Gasteiger partial charge >= 0.3 is 0 Å². The molecule has 0 atom stereocenters. The van der Waals surface area contributed by atoms with Gasteiger partial charge in [-0.2, -0.15) is 4.98 Å². The average Bonchev–Trinajstić information content (AvgIpc) is 3.05. The van der Waals surface area contributed by atoms with Gasteiger partial charge in [0.25, 0.3) is 0 Å². The van der Waals surface area contributed by atoms with Crippen LogP contribution in [0.15, 0.2) is 28.8 Å². The molecule has 1 N–H and O–H groups in total. The van der Waals surface area contributed by atoms with Gasteiger partial charge < -0.3 is 9.84 Å². The molecule has 0 aliphatic carbocycles. The van der Waals surface area contributed by atoms with Crippen LogP contribution in [0.4, 0.5) is 0 Å². The molecule has 6 nitrogen and oxygen atoms in total. The van der Waals surface area contributed by atoms with E-state index in [0.717, 1.165) is 12.1 Å². The number of amides is 1. The quantitative estimate of drug-likeness (QED) is 0.697. The molecule has 0 spiro atoms. The van der Waals surface area contributed by atoms with Gasteiger partial charge in [0.2, 0.25) is 11.8 Å². The number of rotatable bonds is 8. The molecule has 3 rings (SSSR count). The highest BCUT2D eigenvalue weighted by molar-refractivity contribution is 5.75. The zero-order valence-corrected chi connectivity index (χ0v) is 18.7. The average molecular weight is 413 g/mol. The van der Waals surface area contributed by atoms with Crippen molar-refractivity contribution in [1.82, 2.24) is 20.4 Å². The lowest BCUT2D eigenvalue weighted by atomic mass is 9.96. The van der Waals surface area contributed by atoms with Crippen molar-refractivity contribution in [2.24, 2.45) is 0 Å². The first-order valence-corrected chi connectivity index (χ1v) is 11.3. The van der Waals surface area contributed by atoms with Crippen molar-refractivity contribution in [1.29, 1.82) is 0 Å². The maximum absolute atomic E-state index is 12.2. The summed E-state index contributed by atoms with van der Waals surface area (Å²) >= 11 is 0. The third-order valence-electron chi connectivity index (χ3n) is 5.52. The van der Waals surface area contributed by atoms with Crippen LogP contribution < -0.4 is 5.32 Å². The normalized spacial score (nSPS) is 15.7. The number of carbonyl (C=O) groups is 1. The first-order chi connectivity index (χ1) is 14.4. The van der Waals surface area contributed by atoms with Crippen molar-refractivity contribution < 1.29 is 9.32 Å². The largest absolute Gasteiger partial charge is 0.352 e. The van der Waals surface area contributed by atoms with Crippen LogP contribution in [0.1, 0.15) is 82.1 Å². The van der Waals surface area contributed by atoms with E-state index in [1.54, 1.807) is 0 Å². The van der Waals surface area contributed by atoms with Crippen LogP contribution in [-0.4, -0.2) is 34.0 Å². The SMILES string of the molecule is CC(C)(C)c1noc(CCCC(=O)NCc2cccc(CN3CCCCCC3)c2)n1. The summed E-state index contributed by atoms with van der Waals surface area (Å²) in [6.07, 6.45) is 7.10. The van der Waals surface area contributed by atoms with E-state index in [0.29, 0.717) is 37.5 Å². The Bertz CT molecular complexity index is 802. The van der Waals surface area contributed by atoms with Gasteiger partial charge in [-0.05, 0) is 43.5 Å². The fourth-order valence-electron chi connectivity index (χ4n) is 3.74. The Hall–Kier alpha value is -2.21. The van der Waals surface area contributed by atoms with Crippen molar-refractivity contribution in [2.75, 3.05) is 13.1 Å². The molecule has 2 aromatic rings. The van der Waals surface area contributed by atoms with Gasteiger partial charge in [-0.25, -0.2) is 0 Å². The molecular formula is C24H36N4O2. The third kappa shape index (κ3) is 7.24. The standard InChI is InChI=1S/C24H36N4O2/c1-24(2,3)23-26-22(30-27-23)13-9-12-21(29)25-17-19-10-8-11-20(16-19)18-28-14-6-4-5-7-15-28/h8,10-11,16H,4-7,9,12-15,17-18H2,1-3H3,(H,25,29). The van der Waals surface area contributed by atoms with Crippen LogP contribution in [0, 0.1) is 0 Å². The smallest absolute Gasteiger partial charge is 0.226 e. The Morgan fingerprint density at radius 3 is 2.57 bits per heavy atom. The van der Waals surface area contributed by atoms with Crippen molar-refractivity contribution in [2.45, 2.75) is 84.2 Å². The Labute approximate surface area is 180 Å². The summed E-state index contributed by atoms with van der Waals surface area (Å²) in [4.78, 5) is 19.2. The molecule has 164 valence electrons. The van der Waals surface area contributed by atoms with Crippen LogP contribution >= 0.6 is 0 Å². The minimum absolute atomic E-state index is 0.0588. The van der Waals surface area contributed by atoms with Gasteiger partial charge in [0, 0.05) is 31.3 Å². The van der Waals surface area contributed by atoms with Gasteiger partial charge in [-0.15, -0.1) is 0 Å². The first-order valence-electron chi connectivity index (χ1n) is 11.3. The van der Waals surface area contributed by atoms with E-state index < -0.39 is 0 Å². The third-order valence-corrected chi connectivity index (χ3v) is 5.52. The lowest BCUT2D eigenvalue weighted by Crippen LogP contribution is -2.24. The zero-order chi connectivity index (χ0) is 21.4. The topological polar surface area (TPSA) is 71.3 Å². The number of hydrogen-bond acceptors (Lipinski definition) is 5. The van der Waals surface area contributed by atoms with Gasteiger partial charge in [0.05, 0.1) is 0 Å². The molecule has 6 heteroatoms. The molecule has 1 aliphatic heterocycles. The first kappa shape index (κ1) is 22.5. The van der Waals surface area contributed by atoms with E-state index in [1.165, 1.54) is 44.3 Å². The summed E-state index contributed by atoms with van der Waals surface area (Å²) in [5, 5.41) is 7.06. The van der Waals surface area contributed by atoms with Crippen LogP contribution in [0.2, 0.25) is 0 Å². The minimum Gasteiger partial charge on any atom is -0.352 e. The summed E-state index contributed by atoms with van der Waals surface area (Å²) < 4.78 is 5.29. The summed E-state index contributed by atoms with van der Waals surface area (Å²) in [6.45, 7) is 10.1. The lowest BCUT2D eigenvalue weighted by molar-refractivity contribution is -0.121. The van der Waals surface area contributed by atoms with E-state index in [2.05, 4.69) is 65.4 Å². The molecule has 1 fully saturated rings. The maximum atomic E-state index is 12.2. The molecule has 1 saturated heterocycles. The summed E-state index contributed by atoms with van der Waals surface area (Å²) in [7, 11) is 0. The number of carbonyl (C=O) groups excluding carboxylic acids is 1. The lowest BCUT2D eigenvalue weighted by Gasteiger charge is -2.20. The highest BCUT2D eigenvalue weighted by Crippen LogP contribution is 2.19. The number of likely N-dealkylation sites (tertiary alicyclic amines) is 1. The summed E-state index contributed by atoms with van der Waals surface area (Å²) in [5.74, 6) is 1.37. The number of hydrogen-bond donors (Lipinski definition) is 1. The summed E-state index contributed by atoms with van der Waals surface area (Å²) in [6, 6.07) is 8.58. The maximum Gasteiger partial charge on any atom is 0.226 e. The monoisotopic (exact) mass is 412 g/mol. The zero-order valence-electron chi connectivity index (χ0n) is 18.7. The van der Waals surface area contributed by atoms with E-state index >= 15 is 0 Å². The predicted molar refractivity (Wildman–Crippen MR) is 118 cm³/mol. The fourth-order valence-corrected chi connectivity index (χ4v) is 3.74. The number of aromatic nitrogens is 2. The molecule has 1 aromatic carbocycles. The number of nitrogens with zero attached hydrogens (tertiary/aromatic N) is 3. The van der Waals surface area contributed by atoms with Crippen molar-refractivity contribution in [3.8, 4) is 0 Å². The van der Waals surface area contributed by atoms with E-state index in [4.69, 9.17) is 4.52 Å². The Morgan fingerprint density at radius 2 is 1.87 bits per heavy atom. The predicted octanol–water partition coefficient (Wildman–Crippen LogP) is 4.38. The second-order valence-electron chi connectivity index (χ2n) is 9.40. The number of nitrogens with one attached hydrogen (secondary N) is 1. The molecule has 0 radical (unpaired) electrons. The van der Waals surface area contributed by atoms with Crippen molar-refractivity contribution in [3.63, 3.8) is 0 Å². The van der Waals surface area contributed by atoms with Gasteiger partial charge in [0.1, 0.15) is 0 Å². The molecular weight excluding hydrogens is 376 g/mol. The van der Waals surface area contributed by atoms with E-state index in [-0.39, 0.29) is 11.3 Å². The van der Waals surface area contributed by atoms with Crippen molar-refractivity contribution in [3.05, 3.63) is 47.1 Å². The van der Waals surface area contributed by atoms with E-state index in [9.17, 15) is 4.79 Å². The van der Waals surface area contributed by atoms with Crippen LogP contribution in [-0.2, 0) is 29.7 Å². The van der Waals surface area contributed by atoms with Crippen LogP contribution in [0.25, 0.3) is 0 Å². The van der Waals surface area contributed by atoms with Gasteiger partial charge in [0.15, 0.2) is 5.82 Å². The second-order valence-corrected chi connectivity index (χ2v) is 9.40. The fraction of sp³-hybridized carbons (Fsp3) is 0.625. The highest BCUT2D eigenvalue weighted by atomic mass is 16.5. The Balaban J connectivity index is 1.39. The Morgan fingerprint density at radius 1 is 1.13 bits per heavy atom. The van der Waals surface area contributed by atoms with Gasteiger partial charge in [-0.1, -0.05) is 63.0 Å². The van der Waals surface area contributed by atoms with Crippen LogP contribution in [0.3, 0.4) is 0 Å². The summed E-state index contributed by atoms with van der Waals surface area (Å²) in [5.41, 5.74) is 2.36. The molecule has 1 aliphatic rings.